The number of carbonyl (C=O) groups excluding carboxylic acids is 1. The maximum Gasteiger partial charge on any atom is 0.324 e. The molecule has 0 bridgehead atoms. The Labute approximate surface area is 203 Å². The molecular weight excluding hydrogens is 476 g/mol. The second kappa shape index (κ2) is 9.04. The molecule has 2 heterocycles. The summed E-state index contributed by atoms with van der Waals surface area (Å²) in [5, 5.41) is 9.78. The number of amides is 2. The summed E-state index contributed by atoms with van der Waals surface area (Å²) in [6, 6.07) is 9.52. The molecule has 11 heteroatoms. The van der Waals surface area contributed by atoms with Gasteiger partial charge < -0.3 is 5.32 Å². The van der Waals surface area contributed by atoms with E-state index in [2.05, 4.69) is 15.7 Å². The van der Waals surface area contributed by atoms with E-state index < -0.39 is 27.7 Å². The van der Waals surface area contributed by atoms with Gasteiger partial charge in [-0.1, -0.05) is 26.8 Å². The second-order valence-electron chi connectivity index (χ2n) is 9.58. The molecule has 3 aromatic rings. The molecule has 8 nitrogen and oxygen atoms in total. The van der Waals surface area contributed by atoms with Crippen LogP contribution in [0.1, 0.15) is 37.6 Å². The maximum absolute atomic E-state index is 14.0. The third kappa shape index (κ3) is 5.51. The normalized spacial score (nSPS) is 14.5. The summed E-state index contributed by atoms with van der Waals surface area (Å²) in [6.07, 6.45) is 1.75. The lowest BCUT2D eigenvalue weighted by atomic mass is 9.92. The number of hydrogen-bond acceptors (Lipinski definition) is 4. The molecule has 186 valence electrons. The number of anilines is 2. The molecule has 4 rings (SSSR count). The van der Waals surface area contributed by atoms with Gasteiger partial charge in [0.15, 0.2) is 0 Å². The fourth-order valence-corrected chi connectivity index (χ4v) is 4.62. The van der Waals surface area contributed by atoms with Crippen LogP contribution in [0, 0.1) is 11.6 Å². The number of rotatable bonds is 4. The molecule has 1 aromatic heterocycles. The van der Waals surface area contributed by atoms with Crippen molar-refractivity contribution in [1.82, 2.24) is 14.1 Å². The second-order valence-corrected chi connectivity index (χ2v) is 11.6. The van der Waals surface area contributed by atoms with Crippen molar-refractivity contribution in [3.8, 4) is 5.69 Å². The van der Waals surface area contributed by atoms with Crippen molar-refractivity contribution in [3.63, 3.8) is 0 Å². The number of urea groups is 1. The van der Waals surface area contributed by atoms with Crippen LogP contribution >= 0.6 is 0 Å². The highest BCUT2D eigenvalue weighted by molar-refractivity contribution is 7.88. The van der Waals surface area contributed by atoms with Crippen LogP contribution in [0.25, 0.3) is 5.69 Å². The molecule has 1 aliphatic rings. The summed E-state index contributed by atoms with van der Waals surface area (Å²) in [6.45, 7) is 6.66. The number of nitrogens with one attached hydrogen (secondary N) is 2. The molecule has 0 atom stereocenters. The minimum absolute atomic E-state index is 0.157. The average Bonchev–Trinajstić information content (AvgIpc) is 3.18. The van der Waals surface area contributed by atoms with Crippen molar-refractivity contribution in [3.05, 3.63) is 70.9 Å². The highest BCUT2D eigenvalue weighted by Crippen LogP contribution is 2.29. The van der Waals surface area contributed by atoms with Crippen LogP contribution in [0.15, 0.2) is 42.5 Å². The summed E-state index contributed by atoms with van der Waals surface area (Å²) in [7, 11) is -3.28. The van der Waals surface area contributed by atoms with Gasteiger partial charge in [-0.15, -0.1) is 0 Å². The lowest BCUT2D eigenvalue weighted by Crippen LogP contribution is -2.35. The molecule has 35 heavy (non-hydrogen) atoms. The van der Waals surface area contributed by atoms with E-state index in [9.17, 15) is 22.0 Å². The zero-order valence-corrected chi connectivity index (χ0v) is 20.7. The highest BCUT2D eigenvalue weighted by Gasteiger charge is 2.25. The van der Waals surface area contributed by atoms with Crippen molar-refractivity contribution in [2.75, 3.05) is 23.4 Å². The van der Waals surface area contributed by atoms with Gasteiger partial charge in [0.2, 0.25) is 10.0 Å². The predicted molar refractivity (Wildman–Crippen MR) is 130 cm³/mol. The molecule has 2 N–H and O–H groups in total. The zero-order valence-electron chi connectivity index (χ0n) is 19.9. The molecule has 0 saturated heterocycles. The maximum atomic E-state index is 14.0. The Morgan fingerprint density at radius 1 is 1.03 bits per heavy atom. The Bertz CT molecular complexity index is 1400. The largest absolute Gasteiger partial charge is 0.324 e. The number of carbonyl (C=O) groups is 1. The van der Waals surface area contributed by atoms with Gasteiger partial charge in [0, 0.05) is 30.6 Å². The van der Waals surface area contributed by atoms with Crippen molar-refractivity contribution in [2.24, 2.45) is 0 Å². The van der Waals surface area contributed by atoms with Crippen LogP contribution in [0.2, 0.25) is 0 Å². The predicted octanol–water partition coefficient (Wildman–Crippen LogP) is 4.41. The van der Waals surface area contributed by atoms with E-state index >= 15 is 0 Å². The van der Waals surface area contributed by atoms with E-state index in [1.807, 2.05) is 39.0 Å². The number of nitrogens with zero attached hydrogens (tertiary/aromatic N) is 3. The van der Waals surface area contributed by atoms with Crippen LogP contribution in [0.3, 0.4) is 0 Å². The van der Waals surface area contributed by atoms with Crippen LogP contribution in [0.5, 0.6) is 0 Å². The van der Waals surface area contributed by atoms with Crippen molar-refractivity contribution >= 4 is 27.6 Å². The van der Waals surface area contributed by atoms with Gasteiger partial charge in [0.25, 0.3) is 0 Å². The molecule has 0 fully saturated rings. The van der Waals surface area contributed by atoms with E-state index in [0.717, 1.165) is 29.0 Å². The molecule has 1 aliphatic heterocycles. The summed E-state index contributed by atoms with van der Waals surface area (Å²) >= 11 is 0. The molecule has 0 aliphatic carbocycles. The fourth-order valence-electron chi connectivity index (χ4n) is 3.82. The Morgan fingerprint density at radius 2 is 1.77 bits per heavy atom. The average molecular weight is 504 g/mol. The zero-order chi connectivity index (χ0) is 25.5. The van der Waals surface area contributed by atoms with Crippen LogP contribution in [-0.2, 0) is 28.4 Å². The fraction of sp³-hybridized carbons (Fsp3) is 0.333. The van der Waals surface area contributed by atoms with E-state index in [4.69, 9.17) is 0 Å². The first-order valence-electron chi connectivity index (χ1n) is 11.0. The van der Waals surface area contributed by atoms with Crippen LogP contribution in [-0.4, -0.2) is 41.3 Å². The molecule has 0 unspecified atom stereocenters. The summed E-state index contributed by atoms with van der Waals surface area (Å²) in [5.41, 5.74) is 2.85. The lowest BCUT2D eigenvalue weighted by Gasteiger charge is -2.27. The van der Waals surface area contributed by atoms with Gasteiger partial charge in [0.1, 0.15) is 17.5 Å². The third-order valence-electron chi connectivity index (χ3n) is 5.78. The van der Waals surface area contributed by atoms with Gasteiger partial charge in [-0.05, 0) is 41.8 Å². The first-order chi connectivity index (χ1) is 16.3. The number of aromatic nitrogens is 2. The van der Waals surface area contributed by atoms with Gasteiger partial charge in [-0.3, -0.25) is 5.32 Å². The number of hydrogen-bond donors (Lipinski definition) is 2. The van der Waals surface area contributed by atoms with E-state index in [1.54, 1.807) is 10.7 Å². The molecular formula is C24H27F2N5O3S. The monoisotopic (exact) mass is 503 g/mol. The first-order valence-corrected chi connectivity index (χ1v) is 12.9. The highest BCUT2D eigenvalue weighted by atomic mass is 32.2. The van der Waals surface area contributed by atoms with E-state index in [-0.39, 0.29) is 11.1 Å². The van der Waals surface area contributed by atoms with Gasteiger partial charge >= 0.3 is 6.03 Å². The minimum Gasteiger partial charge on any atom is -0.305 e. The Morgan fingerprint density at radius 3 is 2.43 bits per heavy atom. The molecule has 0 radical (unpaired) electrons. The van der Waals surface area contributed by atoms with E-state index in [1.165, 1.54) is 10.6 Å². The third-order valence-corrected chi connectivity index (χ3v) is 7.03. The number of sulfonamides is 1. The summed E-state index contributed by atoms with van der Waals surface area (Å²) in [4.78, 5) is 12.6. The number of fused-ring (bicyclic) bond motifs is 1. The van der Waals surface area contributed by atoms with Crippen LogP contribution < -0.4 is 10.6 Å². The van der Waals surface area contributed by atoms with Crippen LogP contribution in [0.4, 0.5) is 25.1 Å². The van der Waals surface area contributed by atoms with Gasteiger partial charge in [0.05, 0.1) is 23.3 Å². The Kier molecular flexibility index (Phi) is 6.41. The molecule has 0 spiro atoms. The Balaban J connectivity index is 1.64. The number of benzene rings is 2. The first kappa shape index (κ1) is 24.8. The molecule has 2 amide bonds. The summed E-state index contributed by atoms with van der Waals surface area (Å²) < 4.78 is 54.0. The van der Waals surface area contributed by atoms with Crippen molar-refractivity contribution in [1.29, 1.82) is 0 Å². The van der Waals surface area contributed by atoms with E-state index in [0.29, 0.717) is 37.1 Å². The van der Waals surface area contributed by atoms with Crippen molar-refractivity contribution < 1.29 is 22.0 Å². The lowest BCUT2D eigenvalue weighted by molar-refractivity contribution is 0.262. The van der Waals surface area contributed by atoms with Gasteiger partial charge in [-0.2, -0.15) is 9.40 Å². The SMILES string of the molecule is CC(C)(C)c1cc(NC(=O)Nc2ccc(F)cc2F)n(-c2ccc3c(c2)CCN(S(C)(=O)=O)C3)n1. The summed E-state index contributed by atoms with van der Waals surface area (Å²) in [5.74, 6) is -1.27. The standard InChI is InChI=1S/C24H27F2N5O3S/c1-24(2,3)21-13-22(28-23(32)27-20-8-6-17(25)12-19(20)26)31(29-21)18-7-5-16-14-30(35(4,33)34)10-9-15(16)11-18/h5-8,11-13H,9-10,14H2,1-4H3,(H2,27,28,32). The quantitative estimate of drug-likeness (QED) is 0.551. The molecule has 2 aromatic carbocycles. The smallest absolute Gasteiger partial charge is 0.305 e. The minimum atomic E-state index is -3.28. The Hall–Kier alpha value is -3.31. The van der Waals surface area contributed by atoms with Crippen molar-refractivity contribution in [2.45, 2.75) is 39.2 Å². The molecule has 0 saturated carbocycles. The topological polar surface area (TPSA) is 96.3 Å². The van der Waals surface area contributed by atoms with Gasteiger partial charge in [-0.25, -0.2) is 26.7 Å². The number of halogens is 2.